The van der Waals surface area contributed by atoms with E-state index in [1.807, 2.05) is 6.92 Å². The number of hydrogen-bond acceptors (Lipinski definition) is 1. The monoisotopic (exact) mass is 110 g/mol. The maximum Gasteiger partial charge on any atom is 0.310 e. The van der Waals surface area contributed by atoms with Crippen LogP contribution in [0.4, 0.5) is 0 Å². The van der Waals surface area contributed by atoms with Crippen LogP contribution < -0.4 is 5.32 Å². The molecule has 0 rings (SSSR count). The smallest absolute Gasteiger partial charge is 0.310 e. The second-order valence-electron chi connectivity index (χ2n) is 1.16. The summed E-state index contributed by atoms with van der Waals surface area (Å²) in [6.07, 6.45) is 2.36. The fourth-order valence-corrected chi connectivity index (χ4v) is 0.268. The minimum atomic E-state index is 0.414. The molecule has 1 radical (unpaired) electrons. The van der Waals surface area contributed by atoms with E-state index in [4.69, 9.17) is 0 Å². The maximum absolute atomic E-state index is 9.46. The van der Waals surface area contributed by atoms with Gasteiger partial charge in [0, 0.05) is 6.42 Å². The van der Waals surface area contributed by atoms with Crippen LogP contribution in [0.15, 0.2) is 0 Å². The largest absolute Gasteiger partial charge is 0.337 e. The van der Waals surface area contributed by atoms with E-state index in [2.05, 4.69) is 17.2 Å². The summed E-state index contributed by atoms with van der Waals surface area (Å²) in [7, 11) is 0. The van der Waals surface area contributed by atoms with Crippen LogP contribution in [-0.4, -0.2) is 13.0 Å². The van der Waals surface area contributed by atoms with Gasteiger partial charge in [-0.15, -0.1) is 5.92 Å². The molecule has 0 bridgehead atoms. The van der Waals surface area contributed by atoms with E-state index in [1.165, 1.54) is 6.41 Å². The highest BCUT2D eigenvalue weighted by atomic mass is 16.1. The minimum absolute atomic E-state index is 0.414. The van der Waals surface area contributed by atoms with Crippen molar-refractivity contribution in [1.29, 1.82) is 0 Å². The van der Waals surface area contributed by atoms with Crippen LogP contribution in [-0.2, 0) is 4.79 Å². The van der Waals surface area contributed by atoms with Crippen LogP contribution in [0, 0.1) is 11.8 Å². The van der Waals surface area contributed by atoms with Crippen molar-refractivity contribution in [2.45, 2.75) is 13.3 Å². The molecule has 0 aromatic carbocycles. The average molecular weight is 110 g/mol. The number of rotatable bonds is 2. The van der Waals surface area contributed by atoms with Gasteiger partial charge < -0.3 is 5.32 Å². The predicted octanol–water partition coefficient (Wildman–Crippen LogP) is 0.0566. The molecule has 0 aromatic rings. The van der Waals surface area contributed by atoms with Gasteiger partial charge in [0.1, 0.15) is 0 Å². The van der Waals surface area contributed by atoms with E-state index >= 15 is 0 Å². The van der Waals surface area contributed by atoms with E-state index in [9.17, 15) is 4.79 Å². The summed E-state index contributed by atoms with van der Waals surface area (Å²) in [5.41, 5.74) is 0. The van der Waals surface area contributed by atoms with Gasteiger partial charge in [0.2, 0.25) is 0 Å². The summed E-state index contributed by atoms with van der Waals surface area (Å²) in [6, 6.07) is 0. The third-order valence-corrected chi connectivity index (χ3v) is 0.551. The van der Waals surface area contributed by atoms with Crippen molar-refractivity contribution in [1.82, 2.24) is 5.32 Å². The Morgan fingerprint density at radius 3 is 2.75 bits per heavy atom. The van der Waals surface area contributed by atoms with Gasteiger partial charge >= 0.3 is 6.41 Å². The van der Waals surface area contributed by atoms with Crippen molar-refractivity contribution in [3.05, 3.63) is 0 Å². The van der Waals surface area contributed by atoms with Crippen LogP contribution in [0.5, 0.6) is 0 Å². The Balaban J connectivity index is 3.02. The molecule has 0 aliphatic rings. The van der Waals surface area contributed by atoms with Crippen molar-refractivity contribution in [2.75, 3.05) is 6.54 Å². The Bertz CT molecular complexity index is 109. The topological polar surface area (TPSA) is 29.1 Å². The number of hydrogen-bond donors (Lipinski definition) is 1. The zero-order valence-corrected chi connectivity index (χ0v) is 4.82. The van der Waals surface area contributed by atoms with Crippen molar-refractivity contribution in [3.63, 3.8) is 0 Å². The minimum Gasteiger partial charge on any atom is -0.337 e. The van der Waals surface area contributed by atoms with Gasteiger partial charge in [-0.05, 0) is 0 Å². The number of carbonyl (C=O) groups excluding carboxylic acids is 1. The van der Waals surface area contributed by atoms with Gasteiger partial charge in [-0.25, -0.2) is 0 Å². The first kappa shape index (κ1) is 7.03. The van der Waals surface area contributed by atoms with E-state index < -0.39 is 0 Å². The molecule has 0 saturated carbocycles. The summed E-state index contributed by atoms with van der Waals surface area (Å²) in [4.78, 5) is 9.46. The van der Waals surface area contributed by atoms with Gasteiger partial charge in [0.25, 0.3) is 0 Å². The molecule has 0 fully saturated rings. The first-order valence-electron chi connectivity index (χ1n) is 2.47. The molecular formula is C6H8NO. The number of nitrogens with one attached hydrogen (secondary N) is 1. The van der Waals surface area contributed by atoms with Crippen molar-refractivity contribution < 1.29 is 4.79 Å². The summed E-state index contributed by atoms with van der Waals surface area (Å²) in [5, 5.41) is 2.30. The second kappa shape index (κ2) is 6.03. The lowest BCUT2D eigenvalue weighted by Gasteiger charge is -1.79. The standard InChI is InChI=1S/C6H8NO/c1-2-3-4-5-7-6-8/h2,5H2,1H3,(H,7,8). The lowest BCUT2D eigenvalue weighted by Crippen LogP contribution is -2.09. The molecule has 0 saturated heterocycles. The molecule has 0 heterocycles. The molecule has 0 unspecified atom stereocenters. The molecule has 1 amide bonds. The van der Waals surface area contributed by atoms with Crippen LogP contribution in [0.1, 0.15) is 13.3 Å². The summed E-state index contributed by atoms with van der Waals surface area (Å²) >= 11 is 0. The van der Waals surface area contributed by atoms with E-state index in [0.29, 0.717) is 6.54 Å². The Hall–Kier alpha value is -0.970. The summed E-state index contributed by atoms with van der Waals surface area (Å²) in [6.45, 7) is 2.37. The number of amides is 1. The lowest BCUT2D eigenvalue weighted by atomic mass is 10.5. The Labute approximate surface area is 49.3 Å². The predicted molar refractivity (Wildman–Crippen MR) is 31.8 cm³/mol. The fraction of sp³-hybridized carbons (Fsp3) is 0.500. The van der Waals surface area contributed by atoms with Crippen LogP contribution in [0.3, 0.4) is 0 Å². The van der Waals surface area contributed by atoms with E-state index in [1.54, 1.807) is 0 Å². The molecule has 0 aliphatic carbocycles. The molecule has 2 nitrogen and oxygen atoms in total. The molecule has 43 valence electrons. The highest BCUT2D eigenvalue weighted by molar-refractivity contribution is 5.47. The molecule has 0 aromatic heterocycles. The quantitative estimate of drug-likeness (QED) is 0.304. The highest BCUT2D eigenvalue weighted by Crippen LogP contribution is 1.63. The Morgan fingerprint density at radius 1 is 1.50 bits per heavy atom. The van der Waals surface area contributed by atoms with Crippen LogP contribution in [0.25, 0.3) is 0 Å². The first-order valence-corrected chi connectivity index (χ1v) is 2.47. The Morgan fingerprint density at radius 2 is 2.25 bits per heavy atom. The van der Waals surface area contributed by atoms with Crippen molar-refractivity contribution in [3.8, 4) is 11.8 Å². The zero-order chi connectivity index (χ0) is 6.24. The zero-order valence-electron chi connectivity index (χ0n) is 4.82. The van der Waals surface area contributed by atoms with Gasteiger partial charge in [0.15, 0.2) is 0 Å². The van der Waals surface area contributed by atoms with Gasteiger partial charge in [-0.2, -0.15) is 0 Å². The molecule has 0 spiro atoms. The van der Waals surface area contributed by atoms with Crippen molar-refractivity contribution in [2.24, 2.45) is 0 Å². The SMILES string of the molecule is CCC#CCN[C]=O. The van der Waals surface area contributed by atoms with E-state index in [0.717, 1.165) is 6.42 Å². The highest BCUT2D eigenvalue weighted by Gasteiger charge is 1.69. The molecular weight excluding hydrogens is 102 g/mol. The molecule has 8 heavy (non-hydrogen) atoms. The average Bonchev–Trinajstić information content (AvgIpc) is 1.81. The van der Waals surface area contributed by atoms with Gasteiger partial charge in [-0.3, -0.25) is 4.79 Å². The molecule has 2 heteroatoms. The van der Waals surface area contributed by atoms with Crippen LogP contribution in [0.2, 0.25) is 0 Å². The molecule has 0 atom stereocenters. The van der Waals surface area contributed by atoms with E-state index in [-0.39, 0.29) is 0 Å². The van der Waals surface area contributed by atoms with Gasteiger partial charge in [-0.1, -0.05) is 12.8 Å². The Kier molecular flexibility index (Phi) is 5.30. The normalized spacial score (nSPS) is 6.62. The molecule has 1 N–H and O–H groups in total. The lowest BCUT2D eigenvalue weighted by molar-refractivity contribution is 0.546. The first-order chi connectivity index (χ1) is 3.91. The maximum atomic E-state index is 9.46. The molecule has 0 aliphatic heterocycles. The third kappa shape index (κ3) is 5.03. The summed E-state index contributed by atoms with van der Waals surface area (Å²) in [5.74, 6) is 5.50. The fourth-order valence-electron chi connectivity index (χ4n) is 0.268. The van der Waals surface area contributed by atoms with Crippen molar-refractivity contribution >= 4 is 6.41 Å². The summed E-state index contributed by atoms with van der Waals surface area (Å²) < 4.78 is 0. The van der Waals surface area contributed by atoms with Crippen LogP contribution >= 0.6 is 0 Å². The second-order valence-corrected chi connectivity index (χ2v) is 1.16. The third-order valence-electron chi connectivity index (χ3n) is 0.551. The van der Waals surface area contributed by atoms with Gasteiger partial charge in [0.05, 0.1) is 6.54 Å².